The molecule has 1 aromatic carbocycles. The fourth-order valence-electron chi connectivity index (χ4n) is 2.49. The number of nitrogens with one attached hydrogen (secondary N) is 2. The van der Waals surface area contributed by atoms with Crippen LogP contribution in [0.3, 0.4) is 0 Å². The molecule has 10 heteroatoms. The third-order valence-corrected chi connectivity index (χ3v) is 3.83. The van der Waals surface area contributed by atoms with Gasteiger partial charge in [-0.25, -0.2) is 14.6 Å². The maximum atomic E-state index is 12.3. The Morgan fingerprint density at radius 1 is 1.14 bits per heavy atom. The maximum Gasteiger partial charge on any atom is 0.413 e. The number of methoxy groups -OCH3 is 2. The lowest BCUT2D eigenvalue weighted by Gasteiger charge is -2.07. The molecular formula is C19H22N4O6. The Hall–Kier alpha value is -3.66. The van der Waals surface area contributed by atoms with E-state index in [1.54, 1.807) is 0 Å². The van der Waals surface area contributed by atoms with Crippen LogP contribution in [0.5, 0.6) is 0 Å². The number of aromatic nitrogens is 1. The van der Waals surface area contributed by atoms with Crippen LogP contribution < -0.4 is 5.32 Å². The lowest BCUT2D eigenvalue weighted by molar-refractivity contribution is -0.187. The molecule has 0 saturated carbocycles. The second kappa shape index (κ2) is 10.6. The Morgan fingerprint density at radius 2 is 1.86 bits per heavy atom. The van der Waals surface area contributed by atoms with Gasteiger partial charge in [0.15, 0.2) is 5.69 Å². The first-order chi connectivity index (χ1) is 14.0. The van der Waals surface area contributed by atoms with Gasteiger partial charge in [0.1, 0.15) is 5.69 Å². The molecule has 10 nitrogen and oxygen atoms in total. The predicted octanol–water partition coefficient (Wildman–Crippen LogP) is 2.65. The van der Waals surface area contributed by atoms with Crippen molar-refractivity contribution in [2.45, 2.75) is 13.3 Å². The van der Waals surface area contributed by atoms with Gasteiger partial charge in [0.25, 0.3) is 0 Å². The summed E-state index contributed by atoms with van der Waals surface area (Å²) in [6.45, 7) is 1.81. The Morgan fingerprint density at radius 3 is 2.48 bits per heavy atom. The number of aryl methyl sites for hydroxylation is 1. The molecule has 29 heavy (non-hydrogen) atoms. The summed E-state index contributed by atoms with van der Waals surface area (Å²) in [5.74, 6) is -0.784. The minimum absolute atomic E-state index is 0.128. The van der Waals surface area contributed by atoms with Gasteiger partial charge in [-0.1, -0.05) is 30.3 Å². The van der Waals surface area contributed by atoms with Crippen molar-refractivity contribution in [3.63, 3.8) is 0 Å². The number of amides is 1. The molecule has 2 rings (SSSR count). The van der Waals surface area contributed by atoms with E-state index in [0.717, 1.165) is 23.2 Å². The Labute approximate surface area is 167 Å². The van der Waals surface area contributed by atoms with E-state index in [1.807, 2.05) is 37.3 Å². The Balaban J connectivity index is 2.56. The number of ether oxygens (including phenoxy) is 2. The van der Waals surface area contributed by atoms with Crippen molar-refractivity contribution < 1.29 is 28.8 Å². The zero-order valence-corrected chi connectivity index (χ0v) is 16.5. The first-order valence-electron chi connectivity index (χ1n) is 8.49. The number of aromatic amines is 1. The number of alkyl carbamates (subject to hydrolysis) is 1. The first-order valence-corrected chi connectivity index (χ1v) is 8.49. The van der Waals surface area contributed by atoms with Gasteiger partial charge in [-0.05, 0) is 12.5 Å². The third-order valence-electron chi connectivity index (χ3n) is 3.83. The second-order valence-electron chi connectivity index (χ2n) is 5.66. The van der Waals surface area contributed by atoms with E-state index in [1.165, 1.54) is 21.3 Å². The summed E-state index contributed by atoms with van der Waals surface area (Å²) in [5, 5.41) is 2.35. The fourth-order valence-corrected chi connectivity index (χ4v) is 2.49. The van der Waals surface area contributed by atoms with Crippen molar-refractivity contribution in [3.8, 4) is 0 Å². The van der Waals surface area contributed by atoms with Crippen molar-refractivity contribution in [3.05, 3.63) is 52.8 Å². The van der Waals surface area contributed by atoms with Gasteiger partial charge < -0.3 is 19.3 Å². The quantitative estimate of drug-likeness (QED) is 0.252. The minimum atomic E-state index is -0.796. The standard InChI is InChI=1S/C19H22N4O6/c1-12-14(10-13-8-6-5-7-9-13)15(16(21-12)17(24)26-2)22-18(20-11-29-28-4)23-19(25)27-3/h5-9,11,21H,10H2,1-4H3,(H,22,23,25)/b20-11-. The molecular weight excluding hydrogens is 380 g/mol. The fraction of sp³-hybridized carbons (Fsp3) is 0.263. The molecule has 0 aliphatic carbocycles. The van der Waals surface area contributed by atoms with Crippen LogP contribution >= 0.6 is 0 Å². The molecule has 0 aliphatic heterocycles. The number of nitrogens with zero attached hydrogens (tertiary/aromatic N) is 2. The van der Waals surface area contributed by atoms with E-state index in [2.05, 4.69) is 34.8 Å². The molecule has 0 saturated heterocycles. The summed E-state index contributed by atoms with van der Waals surface area (Å²) >= 11 is 0. The minimum Gasteiger partial charge on any atom is -0.464 e. The van der Waals surface area contributed by atoms with E-state index in [9.17, 15) is 9.59 Å². The van der Waals surface area contributed by atoms with Crippen LogP contribution in [-0.2, 0) is 25.7 Å². The van der Waals surface area contributed by atoms with Gasteiger partial charge in [-0.2, -0.15) is 9.88 Å². The van der Waals surface area contributed by atoms with Crippen LogP contribution in [0.15, 0.2) is 40.3 Å². The van der Waals surface area contributed by atoms with Crippen molar-refractivity contribution in [2.24, 2.45) is 9.98 Å². The second-order valence-corrected chi connectivity index (χ2v) is 5.66. The average Bonchev–Trinajstić information content (AvgIpc) is 3.03. The number of benzene rings is 1. The number of carbonyl (C=O) groups excluding carboxylic acids is 2. The monoisotopic (exact) mass is 402 g/mol. The number of carbonyl (C=O) groups is 2. The van der Waals surface area contributed by atoms with Crippen molar-refractivity contribution in [1.82, 2.24) is 10.3 Å². The van der Waals surface area contributed by atoms with Crippen LogP contribution in [0.1, 0.15) is 27.3 Å². The van der Waals surface area contributed by atoms with E-state index in [4.69, 9.17) is 4.74 Å². The van der Waals surface area contributed by atoms with Crippen molar-refractivity contribution in [1.29, 1.82) is 0 Å². The van der Waals surface area contributed by atoms with Crippen LogP contribution in [0.25, 0.3) is 0 Å². The van der Waals surface area contributed by atoms with Gasteiger partial charge in [0.05, 0.1) is 21.3 Å². The summed E-state index contributed by atoms with van der Waals surface area (Å²) in [4.78, 5) is 44.1. The van der Waals surface area contributed by atoms with Gasteiger partial charge in [-0.15, -0.1) is 0 Å². The highest BCUT2D eigenvalue weighted by Gasteiger charge is 2.22. The summed E-state index contributed by atoms with van der Waals surface area (Å²) in [7, 11) is 3.75. The Bertz CT molecular complexity index is 905. The van der Waals surface area contributed by atoms with E-state index >= 15 is 0 Å². The lowest BCUT2D eigenvalue weighted by atomic mass is 10.0. The summed E-state index contributed by atoms with van der Waals surface area (Å²) in [5.41, 5.74) is 2.88. The molecule has 0 bridgehead atoms. The molecule has 1 aromatic heterocycles. The number of hydrogen-bond acceptors (Lipinski definition) is 7. The molecule has 0 atom stereocenters. The zero-order valence-electron chi connectivity index (χ0n) is 16.5. The molecule has 0 fully saturated rings. The van der Waals surface area contributed by atoms with E-state index < -0.39 is 12.1 Å². The van der Waals surface area contributed by atoms with Gasteiger partial charge in [0, 0.05) is 17.7 Å². The van der Waals surface area contributed by atoms with Crippen LogP contribution in [0, 0.1) is 6.92 Å². The number of aliphatic imine (C=N–C) groups is 2. The maximum absolute atomic E-state index is 12.3. The lowest BCUT2D eigenvalue weighted by Crippen LogP contribution is -2.29. The molecule has 2 aromatic rings. The molecule has 2 N–H and O–H groups in total. The summed E-state index contributed by atoms with van der Waals surface area (Å²) in [6, 6.07) is 9.65. The topological polar surface area (TPSA) is 124 Å². The SMILES string of the molecule is COO/C=N\C(=Nc1c(C(=O)OC)[nH]c(C)c1Cc1ccccc1)NC(=O)OC. The summed E-state index contributed by atoms with van der Waals surface area (Å²) < 4.78 is 9.42. The van der Waals surface area contributed by atoms with Crippen LogP contribution in [-0.4, -0.2) is 50.7 Å². The highest BCUT2D eigenvalue weighted by Crippen LogP contribution is 2.30. The smallest absolute Gasteiger partial charge is 0.413 e. The molecule has 154 valence electrons. The number of guanidine groups is 1. The normalized spacial score (nSPS) is 11.4. The van der Waals surface area contributed by atoms with Crippen molar-refractivity contribution >= 4 is 30.1 Å². The van der Waals surface area contributed by atoms with Crippen LogP contribution in [0.2, 0.25) is 0 Å². The molecule has 0 radical (unpaired) electrons. The van der Waals surface area contributed by atoms with Gasteiger partial charge >= 0.3 is 12.1 Å². The molecule has 0 spiro atoms. The molecule has 0 aliphatic rings. The third kappa shape index (κ3) is 5.91. The Kier molecular flexibility index (Phi) is 7.92. The van der Waals surface area contributed by atoms with Crippen molar-refractivity contribution in [2.75, 3.05) is 21.3 Å². The highest BCUT2D eigenvalue weighted by molar-refractivity contribution is 6.01. The first kappa shape index (κ1) is 21.6. The number of H-pyrrole nitrogens is 1. The van der Waals surface area contributed by atoms with E-state index in [0.29, 0.717) is 6.42 Å². The summed E-state index contributed by atoms with van der Waals surface area (Å²) in [6.07, 6.45) is 0.626. The number of hydrogen-bond donors (Lipinski definition) is 2. The molecule has 1 amide bonds. The van der Waals surface area contributed by atoms with E-state index in [-0.39, 0.29) is 17.3 Å². The largest absolute Gasteiger partial charge is 0.464 e. The zero-order chi connectivity index (χ0) is 21.2. The average molecular weight is 402 g/mol. The number of esters is 1. The van der Waals surface area contributed by atoms with Gasteiger partial charge in [0.2, 0.25) is 12.4 Å². The highest BCUT2D eigenvalue weighted by atomic mass is 17.2. The number of rotatable bonds is 6. The molecule has 1 heterocycles. The van der Waals surface area contributed by atoms with Crippen LogP contribution in [0.4, 0.5) is 10.5 Å². The predicted molar refractivity (Wildman–Crippen MR) is 105 cm³/mol. The molecule has 0 unspecified atom stereocenters. The van der Waals surface area contributed by atoms with Gasteiger partial charge in [-0.3, -0.25) is 5.32 Å².